The normalized spacial score (nSPS) is 16.6. The summed E-state index contributed by atoms with van der Waals surface area (Å²) in [5.74, 6) is -2.13. The Morgan fingerprint density at radius 2 is 1.95 bits per heavy atom. The lowest BCUT2D eigenvalue weighted by Crippen LogP contribution is -2.57. The third-order valence-corrected chi connectivity index (χ3v) is 6.16. The van der Waals surface area contributed by atoms with Gasteiger partial charge in [-0.15, -0.1) is 0 Å². The molecule has 3 atom stereocenters. The highest BCUT2D eigenvalue weighted by Gasteiger charge is 2.39. The summed E-state index contributed by atoms with van der Waals surface area (Å²) in [5, 5.41) is 8.35. The zero-order valence-corrected chi connectivity index (χ0v) is 21.8. The number of hydrogen-bond acceptors (Lipinski definition) is 5. The van der Waals surface area contributed by atoms with Crippen LogP contribution in [0, 0.1) is 5.92 Å². The molecule has 1 heterocycles. The van der Waals surface area contributed by atoms with Crippen LogP contribution in [0.2, 0.25) is 5.02 Å². The maximum atomic E-state index is 13.4. The molecule has 1 fully saturated rings. The number of urea groups is 1. The molecule has 0 aliphatic carbocycles. The Kier molecular flexibility index (Phi) is 11.6. The molecular weight excluding hydrogens is 505 g/mol. The summed E-state index contributed by atoms with van der Waals surface area (Å²) in [6, 6.07) is 3.16. The van der Waals surface area contributed by atoms with Gasteiger partial charge < -0.3 is 32.3 Å². The Morgan fingerprint density at radius 3 is 2.57 bits per heavy atom. The highest BCUT2D eigenvalue weighted by molar-refractivity contribution is 6.30. The van der Waals surface area contributed by atoms with E-state index in [4.69, 9.17) is 23.1 Å². The maximum Gasteiger partial charge on any atom is 0.319 e. The van der Waals surface area contributed by atoms with Gasteiger partial charge in [-0.3, -0.25) is 19.4 Å². The number of Topliss-reactive ketones (excluding diaryl/α,β-unsaturated/α-hetero) is 1. The first-order chi connectivity index (χ1) is 17.5. The number of halogens is 2. The van der Waals surface area contributed by atoms with E-state index in [1.165, 1.54) is 4.90 Å². The van der Waals surface area contributed by atoms with Gasteiger partial charge in [0.25, 0.3) is 0 Å². The molecule has 1 aliphatic heterocycles. The fourth-order valence-corrected chi connectivity index (χ4v) is 4.24. The molecular formula is C24H35ClFN7O4. The van der Waals surface area contributed by atoms with Gasteiger partial charge in [0.2, 0.25) is 11.8 Å². The Hall–Kier alpha value is -3.41. The number of aliphatic imine (C=N–C) groups is 1. The van der Waals surface area contributed by atoms with Crippen LogP contribution in [0.25, 0.3) is 0 Å². The summed E-state index contributed by atoms with van der Waals surface area (Å²) < 4.78 is 13.1. The van der Waals surface area contributed by atoms with Crippen LogP contribution < -0.4 is 27.4 Å². The van der Waals surface area contributed by atoms with E-state index >= 15 is 0 Å². The second-order valence-electron chi connectivity index (χ2n) is 9.13. The molecule has 1 aliphatic rings. The lowest BCUT2D eigenvalue weighted by atomic mass is 10.0. The molecule has 0 saturated carbocycles. The standard InChI is InChI=1S/C24H35ClFN7O4/c1-14(2)20(32-24(37)30-16-7-3-6-15(25)12-16)22(36)33-11-5-9-18(33)21(35)31-17(19(34)13-26)8-4-10-29-23(27)28/h3,6-7,12,14,17-18,20H,4-5,8-11,13H2,1-2H3,(H,31,35)(H4,27,28,29)(H2,30,32,37)/t17?,18-,20-/m0/s1. The van der Waals surface area contributed by atoms with Crippen molar-refractivity contribution < 1.29 is 23.6 Å². The van der Waals surface area contributed by atoms with Gasteiger partial charge in [0.1, 0.15) is 18.8 Å². The lowest BCUT2D eigenvalue weighted by molar-refractivity contribution is -0.141. The molecule has 11 nitrogen and oxygen atoms in total. The number of nitrogens with zero attached hydrogens (tertiary/aromatic N) is 2. The fraction of sp³-hybridized carbons (Fsp3) is 0.542. The Labute approximate surface area is 220 Å². The van der Waals surface area contributed by atoms with Crippen molar-refractivity contribution in [2.75, 3.05) is 25.1 Å². The molecule has 4 amide bonds. The summed E-state index contributed by atoms with van der Waals surface area (Å²) in [6.07, 6.45) is 1.44. The summed E-state index contributed by atoms with van der Waals surface area (Å²) in [6.45, 7) is 2.85. The summed E-state index contributed by atoms with van der Waals surface area (Å²) in [5.41, 5.74) is 11.0. The molecule has 13 heteroatoms. The van der Waals surface area contributed by atoms with E-state index in [0.717, 1.165) is 0 Å². The number of anilines is 1. The van der Waals surface area contributed by atoms with E-state index in [1.54, 1.807) is 38.1 Å². The second kappa shape index (κ2) is 14.4. The minimum atomic E-state index is -1.23. The molecule has 1 saturated heterocycles. The molecule has 204 valence electrons. The number of alkyl halides is 1. The Balaban J connectivity index is 2.06. The lowest BCUT2D eigenvalue weighted by Gasteiger charge is -2.31. The molecule has 7 N–H and O–H groups in total. The van der Waals surface area contributed by atoms with E-state index < -0.39 is 48.4 Å². The Bertz CT molecular complexity index is 1000. The van der Waals surface area contributed by atoms with Crippen molar-refractivity contribution in [2.24, 2.45) is 22.4 Å². The van der Waals surface area contributed by atoms with Gasteiger partial charge in [-0.2, -0.15) is 0 Å². The number of likely N-dealkylation sites (tertiary alicyclic amines) is 1. The number of ketones is 1. The van der Waals surface area contributed by atoms with E-state index in [0.29, 0.717) is 36.5 Å². The molecule has 0 radical (unpaired) electrons. The van der Waals surface area contributed by atoms with Crippen molar-refractivity contribution in [3.05, 3.63) is 29.3 Å². The predicted octanol–water partition coefficient (Wildman–Crippen LogP) is 1.55. The van der Waals surface area contributed by atoms with E-state index in [9.17, 15) is 23.6 Å². The number of guanidine groups is 1. The quantitative estimate of drug-likeness (QED) is 0.153. The summed E-state index contributed by atoms with van der Waals surface area (Å²) in [7, 11) is 0. The van der Waals surface area contributed by atoms with Crippen molar-refractivity contribution in [3.63, 3.8) is 0 Å². The van der Waals surface area contributed by atoms with Crippen LogP contribution in [0.1, 0.15) is 39.5 Å². The predicted molar refractivity (Wildman–Crippen MR) is 140 cm³/mol. The van der Waals surface area contributed by atoms with Crippen molar-refractivity contribution in [1.82, 2.24) is 15.5 Å². The number of benzene rings is 1. The largest absolute Gasteiger partial charge is 0.370 e. The van der Waals surface area contributed by atoms with Gasteiger partial charge in [0.05, 0.1) is 6.04 Å². The highest BCUT2D eigenvalue weighted by atomic mass is 35.5. The first-order valence-electron chi connectivity index (χ1n) is 12.1. The van der Waals surface area contributed by atoms with Crippen molar-refractivity contribution in [3.8, 4) is 0 Å². The molecule has 0 aromatic heterocycles. The molecule has 1 aromatic rings. The maximum absolute atomic E-state index is 13.4. The first-order valence-corrected chi connectivity index (χ1v) is 12.5. The minimum absolute atomic E-state index is 0.105. The number of rotatable bonds is 12. The van der Waals surface area contributed by atoms with Crippen molar-refractivity contribution in [2.45, 2.75) is 57.7 Å². The van der Waals surface area contributed by atoms with Gasteiger partial charge in [-0.1, -0.05) is 31.5 Å². The number of nitrogens with two attached hydrogens (primary N) is 2. The molecule has 2 rings (SSSR count). The number of amides is 4. The molecule has 1 unspecified atom stereocenters. The average Bonchev–Trinajstić information content (AvgIpc) is 3.33. The second-order valence-corrected chi connectivity index (χ2v) is 9.57. The first kappa shape index (κ1) is 29.8. The van der Waals surface area contributed by atoms with E-state index in [2.05, 4.69) is 20.9 Å². The average molecular weight is 540 g/mol. The van der Waals surface area contributed by atoms with Crippen molar-refractivity contribution in [1.29, 1.82) is 0 Å². The molecule has 0 spiro atoms. The SMILES string of the molecule is CC(C)[C@H](NC(=O)Nc1cccc(Cl)c1)C(=O)N1CCC[C@H]1C(=O)NC(CCCN=C(N)N)C(=O)CF. The van der Waals surface area contributed by atoms with Gasteiger partial charge in [-0.05, 0) is 49.8 Å². The molecule has 0 bridgehead atoms. The van der Waals surface area contributed by atoms with Gasteiger partial charge >= 0.3 is 6.03 Å². The number of nitrogens with one attached hydrogen (secondary N) is 3. The van der Waals surface area contributed by atoms with Gasteiger partial charge in [0, 0.05) is 23.8 Å². The van der Waals surface area contributed by atoms with Crippen LogP contribution in [-0.4, -0.2) is 72.4 Å². The fourth-order valence-electron chi connectivity index (χ4n) is 4.05. The molecule has 37 heavy (non-hydrogen) atoms. The third-order valence-electron chi connectivity index (χ3n) is 5.92. The smallest absolute Gasteiger partial charge is 0.319 e. The Morgan fingerprint density at radius 1 is 1.22 bits per heavy atom. The van der Waals surface area contributed by atoms with Crippen molar-refractivity contribution >= 4 is 46.9 Å². The monoisotopic (exact) mass is 539 g/mol. The topological polar surface area (TPSA) is 172 Å². The van der Waals surface area contributed by atoms with Gasteiger partial charge in [-0.25, -0.2) is 9.18 Å². The van der Waals surface area contributed by atoms with E-state index in [-0.39, 0.29) is 24.8 Å². The summed E-state index contributed by atoms with van der Waals surface area (Å²) >= 11 is 5.95. The van der Waals surface area contributed by atoms with Crippen LogP contribution in [0.3, 0.4) is 0 Å². The highest BCUT2D eigenvalue weighted by Crippen LogP contribution is 2.21. The number of hydrogen-bond donors (Lipinski definition) is 5. The van der Waals surface area contributed by atoms with Gasteiger partial charge in [0.15, 0.2) is 11.7 Å². The summed E-state index contributed by atoms with van der Waals surface area (Å²) in [4.78, 5) is 56.3. The molecule has 1 aromatic carbocycles. The van der Waals surface area contributed by atoms with Crippen LogP contribution in [0.15, 0.2) is 29.3 Å². The zero-order chi connectivity index (χ0) is 27.5. The van der Waals surface area contributed by atoms with Crippen LogP contribution in [0.4, 0.5) is 14.9 Å². The van der Waals surface area contributed by atoms with Crippen LogP contribution in [0.5, 0.6) is 0 Å². The van der Waals surface area contributed by atoms with E-state index in [1.807, 2.05) is 0 Å². The van der Waals surface area contributed by atoms with Crippen LogP contribution >= 0.6 is 11.6 Å². The number of carbonyl (C=O) groups is 4. The number of carbonyl (C=O) groups excluding carboxylic acids is 4. The zero-order valence-electron chi connectivity index (χ0n) is 21.0. The van der Waals surface area contributed by atoms with Crippen LogP contribution in [-0.2, 0) is 14.4 Å². The third kappa shape index (κ3) is 9.19. The minimum Gasteiger partial charge on any atom is -0.370 e.